The molecule has 4 N–H and O–H groups in total. The van der Waals surface area contributed by atoms with Crippen LogP contribution in [0.1, 0.15) is 193 Å². The van der Waals surface area contributed by atoms with Crippen LogP contribution in [-0.4, -0.2) is 274 Å². The molecule has 2 saturated heterocycles. The smallest absolute Gasteiger partial charge is 0.410 e. The van der Waals surface area contributed by atoms with E-state index in [1.807, 2.05) is 223 Å². The summed E-state index contributed by atoms with van der Waals surface area (Å²) < 4.78 is 28.0. The molecule has 7 amide bonds. The van der Waals surface area contributed by atoms with Crippen LogP contribution in [0.3, 0.4) is 0 Å². The summed E-state index contributed by atoms with van der Waals surface area (Å²) in [6.45, 7) is 22.9. The number of benzene rings is 8. The molecular formula is C108H125Br2Cl3N14O13. The molecule has 6 unspecified atom stereocenters. The Balaban J connectivity index is 0.000000142. The van der Waals surface area contributed by atoms with Crippen LogP contribution in [0.4, 0.5) is 14.4 Å². The third kappa shape index (κ3) is 23.5. The number of amides is 7. The molecule has 32 heteroatoms. The van der Waals surface area contributed by atoms with E-state index in [0.29, 0.717) is 98.7 Å². The second kappa shape index (κ2) is 45.7. The second-order valence-electron chi connectivity index (χ2n) is 37.8. The maximum Gasteiger partial charge on any atom is 0.410 e. The number of carbonyl (C=O) groups excluding carboxylic acids is 8. The van der Waals surface area contributed by atoms with E-state index < -0.39 is 29.7 Å². The molecule has 10 heterocycles. The van der Waals surface area contributed by atoms with Crippen LogP contribution >= 0.6 is 66.7 Å². The number of likely N-dealkylation sites (tertiary alicyclic amines) is 1. The standard InChI is InChI=1S/C30H38BrN5O3.C29H32ClN3O5.C27H33ClN4O3.C22H22BrClN2O2/c1-4-39-30(38)36-15-12-24-25-20-23(31)10-11-26(25)32-27(24)28(36)21-6-8-22(9-7-21)29(37)35-18-16-34(17-19-35)14-5-13-33(2)3;1-17(34)37-20-10-7-18(8-11-20)26-25-21(22-16-19(30)9-12-23(22)31-25)13-15-33(26)27(35)24-6-5-14-32(24)28(36)38-29(2,3)4;1-5-35-27(34)32-16-13-21-22-17-20(28)11-12-23(22)29-24(21)25(32)18-7-9-19(10-8-18)26(33)31(4)15-6-14-30(2)3;1-3-18(23)22(27)26-11-10-16-17-12-14(24)6-9-19(17)25-20(16)21(26)13-4-7-15(28-2)8-5-13/h6-11,20,28,32H,4-5,12-19H2,1-3H3;7-12,16,24,26,31H,5-6,13-15H2,1-4H3;7-12,17,25,29H,5-6,13-16H2,1-4H3;4-9,12,18,21,25H,3,10-11H2,1-2H3. The van der Waals surface area contributed by atoms with Crippen LogP contribution in [0.25, 0.3) is 43.6 Å². The topological polar surface area (TPSA) is 278 Å². The number of alkyl halides is 1. The van der Waals surface area contributed by atoms with Crippen molar-refractivity contribution in [1.82, 2.24) is 68.9 Å². The lowest BCUT2D eigenvalue weighted by molar-refractivity contribution is -0.138. The average Bonchev–Trinajstić information content (AvgIpc) is 1.61. The number of methoxy groups -OCH3 is 1. The van der Waals surface area contributed by atoms with E-state index in [4.69, 9.17) is 58.5 Å². The largest absolute Gasteiger partial charge is 0.497 e. The Morgan fingerprint density at radius 2 is 0.871 bits per heavy atom. The predicted octanol–water partition coefficient (Wildman–Crippen LogP) is 20.8. The molecule has 0 radical (unpaired) electrons. The maximum atomic E-state index is 14.1. The molecule has 0 saturated carbocycles. The molecule has 12 aromatic rings. The van der Waals surface area contributed by atoms with E-state index in [1.54, 1.807) is 38.8 Å². The number of hydrogen-bond donors (Lipinski definition) is 4. The summed E-state index contributed by atoms with van der Waals surface area (Å²) in [6.07, 6.45) is 5.91. The highest BCUT2D eigenvalue weighted by atomic mass is 79.9. The molecule has 740 valence electrons. The SMILES string of the molecule is CC(=O)Oc1ccc(C2c3[nH]c4ccc(Cl)cc4c3CCN2C(=O)C2CCCN2C(=O)OC(C)(C)C)cc1.CCC(Br)C(=O)N1CCc2c([nH]c3ccc(Cl)cc23)C1c1ccc(OC)cc1.CCOC(=O)N1CCc2c([nH]c3ccc(Br)cc23)C1c1ccc(C(=O)N2CCN(CCCN(C)C)CC2)cc1.CCOC(=O)N1CCc2c([nH]c3ccc(Cl)cc23)C1c1ccc(C(=O)N(C)CCCN(C)C)cc1. The van der Waals surface area contributed by atoms with Gasteiger partial charge in [0.15, 0.2) is 0 Å². The monoisotopic (exact) mass is 2090 g/mol. The molecule has 0 bridgehead atoms. The first-order chi connectivity index (χ1) is 67.2. The van der Waals surface area contributed by atoms with E-state index in [1.165, 1.54) is 23.4 Å². The van der Waals surface area contributed by atoms with Gasteiger partial charge in [-0.1, -0.05) is 122 Å². The number of ether oxygens (including phenoxy) is 5. The van der Waals surface area contributed by atoms with E-state index in [9.17, 15) is 38.4 Å². The number of H-pyrrole nitrogens is 4. The molecule has 18 rings (SSSR count). The van der Waals surface area contributed by atoms with Crippen LogP contribution in [0.5, 0.6) is 11.5 Å². The Kier molecular flexibility index (Phi) is 33.6. The van der Waals surface area contributed by atoms with Crippen molar-refractivity contribution in [1.29, 1.82) is 0 Å². The number of fused-ring (bicyclic) bond motifs is 12. The number of rotatable bonds is 21. The lowest BCUT2D eigenvalue weighted by Crippen LogP contribution is -2.51. The van der Waals surface area contributed by atoms with Gasteiger partial charge in [-0.3, -0.25) is 43.6 Å². The van der Waals surface area contributed by atoms with Crippen molar-refractivity contribution >= 4 is 158 Å². The Morgan fingerprint density at radius 1 is 0.464 bits per heavy atom. The van der Waals surface area contributed by atoms with Gasteiger partial charge in [0.25, 0.3) is 11.8 Å². The highest BCUT2D eigenvalue weighted by Gasteiger charge is 2.45. The van der Waals surface area contributed by atoms with Crippen molar-refractivity contribution in [3.8, 4) is 11.5 Å². The molecular weight excluding hydrogens is 1970 g/mol. The number of esters is 1. The molecule has 6 atom stereocenters. The molecule has 27 nitrogen and oxygen atoms in total. The van der Waals surface area contributed by atoms with Crippen LogP contribution in [0.15, 0.2) is 174 Å². The van der Waals surface area contributed by atoms with Crippen molar-refractivity contribution in [2.45, 2.75) is 147 Å². The zero-order valence-electron chi connectivity index (χ0n) is 81.8. The average molecular weight is 2090 g/mol. The number of carbonyl (C=O) groups is 8. The fourth-order valence-electron chi connectivity index (χ4n) is 20.0. The summed E-state index contributed by atoms with van der Waals surface area (Å²) in [5.74, 6) is 0.901. The van der Waals surface area contributed by atoms with Gasteiger partial charge in [0, 0.05) is 176 Å². The first-order valence-electron chi connectivity index (χ1n) is 48.2. The summed E-state index contributed by atoms with van der Waals surface area (Å²) in [5, 5.41) is 6.48. The number of nitrogens with zero attached hydrogens (tertiary/aromatic N) is 10. The van der Waals surface area contributed by atoms with Gasteiger partial charge in [0.2, 0.25) is 11.8 Å². The van der Waals surface area contributed by atoms with E-state index in [-0.39, 0.29) is 58.8 Å². The summed E-state index contributed by atoms with van der Waals surface area (Å²) in [4.78, 5) is 137. The molecule has 8 aromatic carbocycles. The van der Waals surface area contributed by atoms with Gasteiger partial charge in [0.05, 0.1) is 37.2 Å². The molecule has 6 aliphatic rings. The zero-order chi connectivity index (χ0) is 99.7. The summed E-state index contributed by atoms with van der Waals surface area (Å²) >= 11 is 26.0. The van der Waals surface area contributed by atoms with Crippen LogP contribution in [0.2, 0.25) is 15.1 Å². The number of aromatic nitrogens is 4. The van der Waals surface area contributed by atoms with Gasteiger partial charge in [-0.15, -0.1) is 0 Å². The zero-order valence-corrected chi connectivity index (χ0v) is 87.2. The number of piperazine rings is 1. The van der Waals surface area contributed by atoms with Gasteiger partial charge in [0.1, 0.15) is 35.2 Å². The van der Waals surface area contributed by atoms with Crippen molar-refractivity contribution < 1.29 is 62.0 Å². The van der Waals surface area contributed by atoms with E-state index >= 15 is 0 Å². The molecule has 0 spiro atoms. The van der Waals surface area contributed by atoms with Gasteiger partial charge in [-0.2, -0.15) is 0 Å². The van der Waals surface area contributed by atoms with Crippen molar-refractivity contribution in [2.75, 3.05) is 141 Å². The van der Waals surface area contributed by atoms with Gasteiger partial charge in [-0.05, 0) is 306 Å². The Morgan fingerprint density at radius 3 is 1.31 bits per heavy atom. The fraction of sp³-hybridized carbons (Fsp3) is 0.407. The first-order valence-corrected chi connectivity index (χ1v) is 51.0. The molecule has 0 aliphatic carbocycles. The maximum absolute atomic E-state index is 14.1. The van der Waals surface area contributed by atoms with Crippen LogP contribution < -0.4 is 9.47 Å². The molecule has 4 aromatic heterocycles. The van der Waals surface area contributed by atoms with E-state index in [2.05, 4.69) is 92.7 Å². The van der Waals surface area contributed by atoms with E-state index in [0.717, 1.165) is 194 Å². The lowest BCUT2D eigenvalue weighted by Gasteiger charge is -2.39. The van der Waals surface area contributed by atoms with Crippen molar-refractivity contribution in [3.63, 3.8) is 0 Å². The highest BCUT2D eigenvalue weighted by molar-refractivity contribution is 9.10. The van der Waals surface area contributed by atoms with Crippen LogP contribution in [-0.2, 0) is 54.3 Å². The summed E-state index contributed by atoms with van der Waals surface area (Å²) in [5.41, 5.74) is 17.2. The Bertz CT molecular complexity index is 6470. The third-order valence-electron chi connectivity index (χ3n) is 26.7. The Hall–Kier alpha value is -11.4. The minimum absolute atomic E-state index is 0.0119. The minimum atomic E-state index is -0.648. The molecule has 140 heavy (non-hydrogen) atoms. The van der Waals surface area contributed by atoms with Gasteiger partial charge < -0.3 is 73.0 Å². The van der Waals surface area contributed by atoms with Gasteiger partial charge >= 0.3 is 24.2 Å². The first kappa shape index (κ1) is 103. The number of nitrogens with one attached hydrogen (secondary N) is 4. The predicted molar refractivity (Wildman–Crippen MR) is 557 cm³/mol. The number of halogens is 5. The fourth-order valence-corrected chi connectivity index (χ4v) is 21.2. The Labute approximate surface area is 849 Å². The van der Waals surface area contributed by atoms with Crippen LogP contribution in [0, 0.1) is 0 Å². The molecule has 2 fully saturated rings. The molecule has 6 aliphatic heterocycles. The highest BCUT2D eigenvalue weighted by Crippen LogP contribution is 2.46. The minimum Gasteiger partial charge on any atom is -0.497 e. The number of hydrogen-bond acceptors (Lipinski definition) is 16. The second-order valence-corrected chi connectivity index (χ2v) is 41.2. The summed E-state index contributed by atoms with van der Waals surface area (Å²) in [7, 11) is 11.7. The summed E-state index contributed by atoms with van der Waals surface area (Å²) in [6, 6.07) is 52.3. The van der Waals surface area contributed by atoms with Gasteiger partial charge in [-0.25, -0.2) is 14.4 Å². The third-order valence-corrected chi connectivity index (χ3v) is 29.0. The van der Waals surface area contributed by atoms with Crippen molar-refractivity contribution in [3.05, 3.63) is 268 Å². The van der Waals surface area contributed by atoms with Crippen molar-refractivity contribution in [2.24, 2.45) is 0 Å². The normalized spacial score (nSPS) is 17.6. The quantitative estimate of drug-likeness (QED) is 0.0225. The lowest BCUT2D eigenvalue weighted by atomic mass is 9.91. The number of aromatic amines is 4.